The van der Waals surface area contributed by atoms with E-state index in [2.05, 4.69) is 4.98 Å². The molecule has 2 aromatic rings. The standard InChI is InChI=1S/C13H9ClN2O4/c14-8-2-3-9(13(18)19)10(5-8)20-11-4-1-7(6-16-11)12(15)17/h1-6H,(H2,15,17)(H,18,19). The summed E-state index contributed by atoms with van der Waals surface area (Å²) in [7, 11) is 0. The molecule has 20 heavy (non-hydrogen) atoms. The number of halogens is 1. The van der Waals surface area contributed by atoms with Crippen molar-refractivity contribution in [2.45, 2.75) is 0 Å². The number of aromatic carboxylic acids is 1. The Labute approximate surface area is 118 Å². The Hall–Kier alpha value is -2.60. The molecule has 0 aliphatic carbocycles. The number of carboxylic acid groups (broad SMARTS) is 1. The predicted octanol–water partition coefficient (Wildman–Crippen LogP) is 2.32. The second-order valence-electron chi connectivity index (χ2n) is 3.80. The Bertz CT molecular complexity index is 671. The number of benzene rings is 1. The fraction of sp³-hybridized carbons (Fsp3) is 0. The van der Waals surface area contributed by atoms with Gasteiger partial charge in [0.05, 0.1) is 5.56 Å². The largest absolute Gasteiger partial charge is 0.478 e. The van der Waals surface area contributed by atoms with Gasteiger partial charge in [-0.25, -0.2) is 9.78 Å². The number of carboxylic acids is 1. The van der Waals surface area contributed by atoms with Gasteiger partial charge >= 0.3 is 5.97 Å². The molecule has 0 bridgehead atoms. The van der Waals surface area contributed by atoms with E-state index >= 15 is 0 Å². The molecule has 0 fully saturated rings. The number of carbonyl (C=O) groups excluding carboxylic acids is 1. The minimum Gasteiger partial charge on any atom is -0.478 e. The molecule has 7 heteroatoms. The van der Waals surface area contributed by atoms with Crippen LogP contribution < -0.4 is 10.5 Å². The van der Waals surface area contributed by atoms with Crippen molar-refractivity contribution in [1.29, 1.82) is 0 Å². The van der Waals surface area contributed by atoms with Crippen molar-refractivity contribution in [2.75, 3.05) is 0 Å². The number of rotatable bonds is 4. The van der Waals surface area contributed by atoms with Gasteiger partial charge in [-0.15, -0.1) is 0 Å². The lowest BCUT2D eigenvalue weighted by atomic mass is 10.2. The summed E-state index contributed by atoms with van der Waals surface area (Å²) in [5.74, 6) is -1.58. The zero-order valence-electron chi connectivity index (χ0n) is 10.0. The third kappa shape index (κ3) is 3.04. The first kappa shape index (κ1) is 13.8. The van der Waals surface area contributed by atoms with Crippen LogP contribution in [0.15, 0.2) is 36.5 Å². The topological polar surface area (TPSA) is 103 Å². The van der Waals surface area contributed by atoms with Crippen LogP contribution in [0.4, 0.5) is 0 Å². The maximum Gasteiger partial charge on any atom is 0.339 e. The second-order valence-corrected chi connectivity index (χ2v) is 4.23. The van der Waals surface area contributed by atoms with Gasteiger partial charge in [0.15, 0.2) is 0 Å². The highest BCUT2D eigenvalue weighted by Crippen LogP contribution is 2.27. The maximum atomic E-state index is 11.1. The Morgan fingerprint density at radius 2 is 2.00 bits per heavy atom. The first-order valence-electron chi connectivity index (χ1n) is 5.44. The smallest absolute Gasteiger partial charge is 0.339 e. The number of nitrogens with zero attached hydrogens (tertiary/aromatic N) is 1. The molecule has 2 rings (SSSR count). The highest BCUT2D eigenvalue weighted by molar-refractivity contribution is 6.30. The highest BCUT2D eigenvalue weighted by Gasteiger charge is 2.13. The molecule has 1 amide bonds. The Morgan fingerprint density at radius 1 is 1.25 bits per heavy atom. The number of hydrogen-bond acceptors (Lipinski definition) is 4. The molecule has 0 spiro atoms. The van der Waals surface area contributed by atoms with Gasteiger partial charge in [-0.2, -0.15) is 0 Å². The van der Waals surface area contributed by atoms with E-state index in [0.29, 0.717) is 5.02 Å². The van der Waals surface area contributed by atoms with E-state index in [0.717, 1.165) is 0 Å². The summed E-state index contributed by atoms with van der Waals surface area (Å²) in [5.41, 5.74) is 5.26. The first-order chi connectivity index (χ1) is 9.47. The normalized spacial score (nSPS) is 10.1. The van der Waals surface area contributed by atoms with Crippen molar-refractivity contribution in [1.82, 2.24) is 4.98 Å². The monoisotopic (exact) mass is 292 g/mol. The molecule has 6 nitrogen and oxygen atoms in total. The van der Waals surface area contributed by atoms with E-state index in [-0.39, 0.29) is 22.8 Å². The summed E-state index contributed by atoms with van der Waals surface area (Å²) in [4.78, 5) is 25.8. The van der Waals surface area contributed by atoms with E-state index < -0.39 is 11.9 Å². The summed E-state index contributed by atoms with van der Waals surface area (Å²) >= 11 is 5.80. The molecule has 1 aromatic carbocycles. The molecule has 102 valence electrons. The van der Waals surface area contributed by atoms with E-state index in [4.69, 9.17) is 27.2 Å². The van der Waals surface area contributed by atoms with E-state index in [1.165, 1.54) is 36.5 Å². The van der Waals surface area contributed by atoms with Crippen LogP contribution in [0.1, 0.15) is 20.7 Å². The molecular formula is C13H9ClN2O4. The Morgan fingerprint density at radius 3 is 2.55 bits per heavy atom. The van der Waals surface area contributed by atoms with E-state index in [1.807, 2.05) is 0 Å². The quantitative estimate of drug-likeness (QED) is 0.900. The van der Waals surface area contributed by atoms with E-state index in [1.54, 1.807) is 0 Å². The molecule has 0 aliphatic heterocycles. The minimum absolute atomic E-state index is 0.0461. The number of pyridine rings is 1. The second kappa shape index (κ2) is 5.58. The molecule has 0 atom stereocenters. The van der Waals surface area contributed by atoms with Gasteiger partial charge < -0.3 is 15.6 Å². The third-order valence-electron chi connectivity index (χ3n) is 2.41. The maximum absolute atomic E-state index is 11.1. The lowest BCUT2D eigenvalue weighted by Gasteiger charge is -2.08. The number of primary amides is 1. The number of carbonyl (C=O) groups is 2. The van der Waals surface area contributed by atoms with Crippen molar-refractivity contribution in [3.05, 3.63) is 52.7 Å². The lowest BCUT2D eigenvalue weighted by molar-refractivity contribution is 0.0694. The molecule has 0 saturated heterocycles. The van der Waals surface area contributed by atoms with Crippen LogP contribution in [0.25, 0.3) is 0 Å². The molecule has 1 heterocycles. The Kier molecular flexibility index (Phi) is 3.86. The zero-order valence-corrected chi connectivity index (χ0v) is 10.8. The van der Waals surface area contributed by atoms with Gasteiger partial charge in [-0.3, -0.25) is 4.79 Å². The number of nitrogens with two attached hydrogens (primary N) is 1. The van der Waals surface area contributed by atoms with Gasteiger partial charge in [-0.1, -0.05) is 11.6 Å². The average molecular weight is 293 g/mol. The minimum atomic E-state index is -1.15. The van der Waals surface area contributed by atoms with Gasteiger partial charge in [0, 0.05) is 23.4 Å². The van der Waals surface area contributed by atoms with Crippen LogP contribution >= 0.6 is 11.6 Å². The summed E-state index contributed by atoms with van der Waals surface area (Å²) < 4.78 is 5.36. The van der Waals surface area contributed by atoms with Crippen LogP contribution in [-0.4, -0.2) is 22.0 Å². The van der Waals surface area contributed by atoms with Crippen LogP contribution in [0.3, 0.4) is 0 Å². The highest BCUT2D eigenvalue weighted by atomic mass is 35.5. The van der Waals surface area contributed by atoms with Crippen LogP contribution in [0, 0.1) is 0 Å². The third-order valence-corrected chi connectivity index (χ3v) is 2.64. The van der Waals surface area contributed by atoms with Crippen molar-refractivity contribution < 1.29 is 19.4 Å². The molecule has 0 radical (unpaired) electrons. The van der Waals surface area contributed by atoms with Crippen LogP contribution in [0.5, 0.6) is 11.6 Å². The SMILES string of the molecule is NC(=O)c1ccc(Oc2cc(Cl)ccc2C(=O)O)nc1. The summed E-state index contributed by atoms with van der Waals surface area (Å²) in [6, 6.07) is 6.98. The number of amides is 1. The van der Waals surface area contributed by atoms with E-state index in [9.17, 15) is 9.59 Å². The fourth-order valence-corrected chi connectivity index (χ4v) is 1.62. The Balaban J connectivity index is 2.31. The summed E-state index contributed by atoms with van der Waals surface area (Å²) in [6.45, 7) is 0. The van der Waals surface area contributed by atoms with Crippen LogP contribution in [0.2, 0.25) is 5.02 Å². The molecule has 0 saturated carbocycles. The number of ether oxygens (including phenoxy) is 1. The fourth-order valence-electron chi connectivity index (χ4n) is 1.46. The van der Waals surface area contributed by atoms with Gasteiger partial charge in [0.1, 0.15) is 11.3 Å². The predicted molar refractivity (Wildman–Crippen MR) is 71.2 cm³/mol. The van der Waals surface area contributed by atoms with Gasteiger partial charge in [0.25, 0.3) is 0 Å². The average Bonchev–Trinajstić information content (AvgIpc) is 2.39. The van der Waals surface area contributed by atoms with Gasteiger partial charge in [-0.05, 0) is 18.2 Å². The van der Waals surface area contributed by atoms with Crippen molar-refractivity contribution in [2.24, 2.45) is 5.73 Å². The summed E-state index contributed by atoms with van der Waals surface area (Å²) in [6.07, 6.45) is 1.24. The van der Waals surface area contributed by atoms with Crippen molar-refractivity contribution in [3.8, 4) is 11.6 Å². The van der Waals surface area contributed by atoms with Crippen LogP contribution in [-0.2, 0) is 0 Å². The van der Waals surface area contributed by atoms with Crippen molar-refractivity contribution in [3.63, 3.8) is 0 Å². The molecule has 1 aromatic heterocycles. The van der Waals surface area contributed by atoms with Gasteiger partial charge in [0.2, 0.25) is 11.8 Å². The number of hydrogen-bond donors (Lipinski definition) is 2. The summed E-state index contributed by atoms with van der Waals surface area (Å²) in [5, 5.41) is 9.38. The molecular weight excluding hydrogens is 284 g/mol. The first-order valence-corrected chi connectivity index (χ1v) is 5.81. The van der Waals surface area contributed by atoms with Crippen molar-refractivity contribution >= 4 is 23.5 Å². The zero-order chi connectivity index (χ0) is 14.7. The molecule has 3 N–H and O–H groups in total. The number of aromatic nitrogens is 1. The molecule has 0 unspecified atom stereocenters. The molecule has 0 aliphatic rings. The lowest BCUT2D eigenvalue weighted by Crippen LogP contribution is -2.11.